The van der Waals surface area contributed by atoms with Crippen LogP contribution in [0.3, 0.4) is 0 Å². The number of aliphatic hydroxyl groups excluding tert-OH is 2. The van der Waals surface area contributed by atoms with Gasteiger partial charge in [-0.2, -0.15) is 0 Å². The van der Waals surface area contributed by atoms with E-state index < -0.39 is 29.8 Å². The van der Waals surface area contributed by atoms with Crippen molar-refractivity contribution in [2.24, 2.45) is 5.73 Å². The Balaban J connectivity index is 4.30. The number of aliphatic hydroxyl groups is 2. The highest BCUT2D eigenvalue weighted by Gasteiger charge is 2.22. The Hall–Kier alpha value is -1.40. The Morgan fingerprint density at radius 1 is 1.25 bits per heavy atom. The molecule has 7 nitrogen and oxygen atoms in total. The van der Waals surface area contributed by atoms with E-state index in [0.29, 0.717) is 0 Å². The van der Waals surface area contributed by atoms with Gasteiger partial charge in [0.15, 0.2) is 11.7 Å². The van der Waals surface area contributed by atoms with Crippen LogP contribution in [0.15, 0.2) is 5.76 Å². The molecule has 0 fully saturated rings. The first-order valence-corrected chi connectivity index (χ1v) is 6.32. The summed E-state index contributed by atoms with van der Waals surface area (Å²) in [6, 6.07) is -1.19. The zero-order chi connectivity index (χ0) is 15.9. The number of hydrogen-bond donors (Lipinski definition) is 4. The number of ether oxygens (including phenoxy) is 1. The van der Waals surface area contributed by atoms with Crippen LogP contribution in [-0.4, -0.2) is 51.1 Å². The number of carboxylic acid groups (broad SMARTS) is 1. The smallest absolute Gasteiger partial charge is 0.320 e. The number of rotatable bonds is 8. The van der Waals surface area contributed by atoms with E-state index in [-0.39, 0.29) is 25.0 Å². The van der Waals surface area contributed by atoms with Gasteiger partial charge in [0.05, 0.1) is 12.2 Å². The number of hydrogen-bond acceptors (Lipinski definition) is 6. The molecule has 0 rings (SSSR count). The third-order valence-corrected chi connectivity index (χ3v) is 2.35. The molecule has 0 aliphatic carbocycles. The molecule has 0 bridgehead atoms. The van der Waals surface area contributed by atoms with Crippen molar-refractivity contribution in [2.45, 2.75) is 63.9 Å². The highest BCUT2D eigenvalue weighted by atomic mass is 16.5. The van der Waals surface area contributed by atoms with Crippen LogP contribution in [0.2, 0.25) is 0 Å². The minimum Gasteiger partial charge on any atom is -0.481 e. The van der Waals surface area contributed by atoms with Crippen LogP contribution in [0.5, 0.6) is 0 Å². The molecule has 3 unspecified atom stereocenters. The zero-order valence-corrected chi connectivity index (χ0v) is 12.0. The van der Waals surface area contributed by atoms with E-state index in [1.54, 1.807) is 26.7 Å². The van der Waals surface area contributed by atoms with Crippen molar-refractivity contribution in [3.05, 3.63) is 5.76 Å². The van der Waals surface area contributed by atoms with E-state index in [4.69, 9.17) is 15.6 Å². The first-order valence-electron chi connectivity index (χ1n) is 6.32. The molecule has 3 atom stereocenters. The van der Waals surface area contributed by atoms with Gasteiger partial charge in [-0.05, 0) is 33.6 Å². The van der Waals surface area contributed by atoms with Crippen LogP contribution in [0.1, 0.15) is 40.0 Å². The van der Waals surface area contributed by atoms with E-state index in [0.717, 1.165) is 0 Å². The van der Waals surface area contributed by atoms with Crippen LogP contribution < -0.4 is 5.73 Å². The fourth-order valence-corrected chi connectivity index (χ4v) is 1.58. The van der Waals surface area contributed by atoms with Crippen LogP contribution in [-0.2, 0) is 14.3 Å². The molecule has 0 aromatic heterocycles. The maximum absolute atomic E-state index is 10.7. The predicted molar refractivity (Wildman–Crippen MR) is 71.5 cm³/mol. The number of aliphatic carboxylic acids is 1. The molecule has 0 amide bonds. The van der Waals surface area contributed by atoms with Crippen molar-refractivity contribution in [1.82, 2.24) is 0 Å². The van der Waals surface area contributed by atoms with Crippen molar-refractivity contribution in [3.8, 4) is 0 Å². The molecule has 0 aliphatic rings. The summed E-state index contributed by atoms with van der Waals surface area (Å²) in [4.78, 5) is 21.2. The Bertz CT molecular complexity index is 370. The molecule has 7 heteroatoms. The van der Waals surface area contributed by atoms with E-state index in [9.17, 15) is 19.8 Å². The van der Waals surface area contributed by atoms with Gasteiger partial charge in [-0.3, -0.25) is 4.79 Å². The summed E-state index contributed by atoms with van der Waals surface area (Å²) in [5, 5.41) is 27.9. The van der Waals surface area contributed by atoms with Crippen molar-refractivity contribution < 1.29 is 29.6 Å². The zero-order valence-electron chi connectivity index (χ0n) is 12.0. The fraction of sp³-hybridized carbons (Fsp3) is 0.769. The summed E-state index contributed by atoms with van der Waals surface area (Å²) >= 11 is 0. The van der Waals surface area contributed by atoms with E-state index >= 15 is 0 Å². The monoisotopic (exact) mass is 289 g/mol. The Morgan fingerprint density at radius 2 is 1.80 bits per heavy atom. The van der Waals surface area contributed by atoms with Gasteiger partial charge in [0.25, 0.3) is 0 Å². The molecule has 5 N–H and O–H groups in total. The maximum Gasteiger partial charge on any atom is 0.320 e. The van der Waals surface area contributed by atoms with E-state index in [1.165, 1.54) is 0 Å². The summed E-state index contributed by atoms with van der Waals surface area (Å²) in [5.41, 5.74) is 4.68. The number of carboxylic acids is 1. The first-order chi connectivity index (χ1) is 9.05. The molecule has 116 valence electrons. The van der Waals surface area contributed by atoms with Gasteiger partial charge in [0.1, 0.15) is 11.6 Å². The molecule has 0 saturated heterocycles. The molecule has 0 aromatic carbocycles. The SMILES string of the molecule is CC(C)(C)OC(=C=O)CC(O)CC(O)CC(N)C(=O)O. The summed E-state index contributed by atoms with van der Waals surface area (Å²) in [6.07, 6.45) is -2.48. The minimum absolute atomic E-state index is 0.0419. The van der Waals surface area contributed by atoms with Gasteiger partial charge >= 0.3 is 5.97 Å². The van der Waals surface area contributed by atoms with Crippen LogP contribution >= 0.6 is 0 Å². The summed E-state index contributed by atoms with van der Waals surface area (Å²) < 4.78 is 5.29. The molecular formula is C13H23NO6. The van der Waals surface area contributed by atoms with Crippen molar-refractivity contribution in [1.29, 1.82) is 0 Å². The average molecular weight is 289 g/mol. The van der Waals surface area contributed by atoms with Crippen LogP contribution in [0.4, 0.5) is 0 Å². The van der Waals surface area contributed by atoms with Crippen LogP contribution in [0, 0.1) is 0 Å². The maximum atomic E-state index is 10.7. The van der Waals surface area contributed by atoms with Crippen molar-refractivity contribution in [2.75, 3.05) is 0 Å². The molecule has 0 aliphatic heterocycles. The molecule has 0 heterocycles. The van der Waals surface area contributed by atoms with Gasteiger partial charge in [-0.1, -0.05) is 0 Å². The molecule has 0 aromatic rings. The lowest BCUT2D eigenvalue weighted by molar-refractivity contribution is -0.139. The lowest BCUT2D eigenvalue weighted by Crippen LogP contribution is -2.35. The number of nitrogens with two attached hydrogens (primary N) is 1. The van der Waals surface area contributed by atoms with Gasteiger partial charge in [0.2, 0.25) is 0 Å². The molecule has 20 heavy (non-hydrogen) atoms. The lowest BCUT2D eigenvalue weighted by atomic mass is 10.0. The average Bonchev–Trinajstić information content (AvgIpc) is 2.25. The van der Waals surface area contributed by atoms with Gasteiger partial charge in [-0.25, -0.2) is 4.79 Å². The normalized spacial score (nSPS) is 15.9. The topological polar surface area (TPSA) is 130 Å². The van der Waals surface area contributed by atoms with E-state index in [1.807, 2.05) is 0 Å². The second-order valence-electron chi connectivity index (χ2n) is 5.67. The number of carbonyl (C=O) groups excluding carboxylic acids is 1. The standard InChI is InChI=1S/C13H23NO6/c1-13(2,3)20-10(7-15)5-8(16)4-9(17)6-11(14)12(18)19/h8-9,11,16-17H,4-6,14H2,1-3H3,(H,18,19). The molecule has 0 saturated carbocycles. The summed E-state index contributed by atoms with van der Waals surface area (Å²) in [6.45, 7) is 5.24. The number of carbonyl (C=O) groups is 1. The highest BCUT2D eigenvalue weighted by molar-refractivity contribution is 5.73. The third kappa shape index (κ3) is 8.66. The second-order valence-corrected chi connectivity index (χ2v) is 5.67. The molecule has 0 spiro atoms. The summed E-state index contributed by atoms with van der Waals surface area (Å²) in [5.74, 6) is 0.344. The first kappa shape index (κ1) is 18.6. The lowest BCUT2D eigenvalue weighted by Gasteiger charge is -2.23. The minimum atomic E-state index is -1.22. The van der Waals surface area contributed by atoms with Crippen molar-refractivity contribution >= 4 is 11.9 Å². The molecular weight excluding hydrogens is 266 g/mol. The Labute approximate surface area is 118 Å². The van der Waals surface area contributed by atoms with Gasteiger partial charge in [-0.15, -0.1) is 0 Å². The highest BCUT2D eigenvalue weighted by Crippen LogP contribution is 2.18. The van der Waals surface area contributed by atoms with Crippen LogP contribution in [0.25, 0.3) is 0 Å². The summed E-state index contributed by atoms with van der Waals surface area (Å²) in [7, 11) is 0. The fourth-order valence-electron chi connectivity index (χ4n) is 1.58. The quantitative estimate of drug-likeness (QED) is 0.360. The second kappa shape index (κ2) is 8.01. The predicted octanol–water partition coefficient (Wildman–Crippen LogP) is -0.179. The van der Waals surface area contributed by atoms with Gasteiger partial charge in [0, 0.05) is 6.42 Å². The van der Waals surface area contributed by atoms with Crippen molar-refractivity contribution in [3.63, 3.8) is 0 Å². The molecule has 0 radical (unpaired) electrons. The third-order valence-electron chi connectivity index (χ3n) is 2.35. The largest absolute Gasteiger partial charge is 0.481 e. The Kier molecular flexibility index (Phi) is 7.45. The Morgan fingerprint density at radius 3 is 2.20 bits per heavy atom. The van der Waals surface area contributed by atoms with Gasteiger partial charge < -0.3 is 25.8 Å². The van der Waals surface area contributed by atoms with E-state index in [2.05, 4.69) is 0 Å².